The molecule has 0 radical (unpaired) electrons. The molecule has 0 spiro atoms. The quantitative estimate of drug-likeness (QED) is 0.630. The highest BCUT2D eigenvalue weighted by molar-refractivity contribution is 5.74. The first kappa shape index (κ1) is 8.65. The highest BCUT2D eigenvalue weighted by atomic mass is 16.1. The molecule has 2 nitrogen and oxygen atoms in total. The number of hydrogen-bond donors (Lipinski definition) is 0. The van der Waals surface area contributed by atoms with Crippen LogP contribution in [0.25, 0.3) is 0 Å². The number of benzene rings is 1. The lowest BCUT2D eigenvalue weighted by molar-refractivity contribution is -0.107. The Morgan fingerprint density at radius 2 is 2.08 bits per heavy atom. The molecule has 0 atom stereocenters. The molecule has 0 aliphatic heterocycles. The standard InChI is InChI=1S/C10H10O2/c11-6-2-5-9-3-1-4-10(7-9)8-12/h1,3-4,6-8H,2,5H2. The maximum absolute atomic E-state index is 10.4. The fourth-order valence-electron chi connectivity index (χ4n) is 1.05. The van der Waals surface area contributed by atoms with Gasteiger partial charge in [-0.2, -0.15) is 0 Å². The summed E-state index contributed by atoms with van der Waals surface area (Å²) in [7, 11) is 0. The smallest absolute Gasteiger partial charge is 0.150 e. The largest absolute Gasteiger partial charge is 0.303 e. The Balaban J connectivity index is 2.72. The molecule has 0 fully saturated rings. The van der Waals surface area contributed by atoms with Crippen LogP contribution in [0.5, 0.6) is 0 Å². The molecule has 0 unspecified atom stereocenters. The Morgan fingerprint density at radius 3 is 2.75 bits per heavy atom. The zero-order chi connectivity index (χ0) is 8.81. The highest BCUT2D eigenvalue weighted by Crippen LogP contribution is 2.04. The van der Waals surface area contributed by atoms with E-state index in [4.69, 9.17) is 0 Å². The Morgan fingerprint density at radius 1 is 1.25 bits per heavy atom. The number of carbonyl (C=O) groups is 2. The van der Waals surface area contributed by atoms with Crippen LogP contribution in [0.1, 0.15) is 22.3 Å². The molecule has 12 heavy (non-hydrogen) atoms. The maximum atomic E-state index is 10.4. The lowest BCUT2D eigenvalue weighted by atomic mass is 10.1. The van der Waals surface area contributed by atoms with Gasteiger partial charge in [-0.1, -0.05) is 18.2 Å². The van der Waals surface area contributed by atoms with Crippen molar-refractivity contribution in [1.29, 1.82) is 0 Å². The summed E-state index contributed by atoms with van der Waals surface area (Å²) >= 11 is 0. The van der Waals surface area contributed by atoms with Crippen molar-refractivity contribution in [2.45, 2.75) is 12.8 Å². The summed E-state index contributed by atoms with van der Waals surface area (Å²) in [5.74, 6) is 0. The van der Waals surface area contributed by atoms with E-state index in [9.17, 15) is 9.59 Å². The minimum absolute atomic E-state index is 0.516. The predicted octanol–water partition coefficient (Wildman–Crippen LogP) is 1.63. The summed E-state index contributed by atoms with van der Waals surface area (Å²) in [6.07, 6.45) is 2.92. The van der Waals surface area contributed by atoms with Gasteiger partial charge in [0.1, 0.15) is 12.6 Å². The Hall–Kier alpha value is -1.44. The summed E-state index contributed by atoms with van der Waals surface area (Å²) in [6, 6.07) is 7.29. The fraction of sp³-hybridized carbons (Fsp3) is 0.200. The Kier molecular flexibility index (Phi) is 3.20. The van der Waals surface area contributed by atoms with Gasteiger partial charge in [-0.3, -0.25) is 4.79 Å². The first-order valence-corrected chi connectivity index (χ1v) is 3.84. The first-order valence-electron chi connectivity index (χ1n) is 3.84. The second-order valence-electron chi connectivity index (χ2n) is 2.57. The van der Waals surface area contributed by atoms with E-state index in [0.717, 1.165) is 18.1 Å². The van der Waals surface area contributed by atoms with Gasteiger partial charge in [0.2, 0.25) is 0 Å². The third kappa shape index (κ3) is 2.31. The van der Waals surface area contributed by atoms with E-state index in [1.807, 2.05) is 12.1 Å². The molecule has 0 heterocycles. The highest BCUT2D eigenvalue weighted by Gasteiger charge is 1.93. The number of aryl methyl sites for hydroxylation is 1. The second kappa shape index (κ2) is 4.44. The normalized spacial score (nSPS) is 9.33. The van der Waals surface area contributed by atoms with Gasteiger partial charge in [0.25, 0.3) is 0 Å². The minimum Gasteiger partial charge on any atom is -0.303 e. The van der Waals surface area contributed by atoms with Crippen LogP contribution in [-0.2, 0) is 11.2 Å². The van der Waals surface area contributed by atoms with Crippen LogP contribution in [0.15, 0.2) is 24.3 Å². The molecule has 0 saturated heterocycles. The maximum Gasteiger partial charge on any atom is 0.150 e. The average molecular weight is 162 g/mol. The van der Waals surface area contributed by atoms with Crippen LogP contribution >= 0.6 is 0 Å². The Bertz CT molecular complexity index is 279. The zero-order valence-corrected chi connectivity index (χ0v) is 6.69. The lowest BCUT2D eigenvalue weighted by Crippen LogP contribution is -1.88. The SMILES string of the molecule is O=CCCc1cccc(C=O)c1. The van der Waals surface area contributed by atoms with Crippen molar-refractivity contribution in [1.82, 2.24) is 0 Å². The molecule has 1 aromatic carbocycles. The third-order valence-corrected chi connectivity index (χ3v) is 1.64. The van der Waals surface area contributed by atoms with Crippen molar-refractivity contribution in [3.8, 4) is 0 Å². The number of hydrogen-bond acceptors (Lipinski definition) is 2. The molecule has 0 aromatic heterocycles. The topological polar surface area (TPSA) is 34.1 Å². The molecule has 2 heteroatoms. The molecular formula is C10H10O2. The van der Waals surface area contributed by atoms with Crippen LogP contribution in [0.2, 0.25) is 0 Å². The predicted molar refractivity (Wildman–Crippen MR) is 46.2 cm³/mol. The molecule has 62 valence electrons. The summed E-state index contributed by atoms with van der Waals surface area (Å²) in [6.45, 7) is 0. The number of rotatable bonds is 4. The van der Waals surface area contributed by atoms with Gasteiger partial charge >= 0.3 is 0 Å². The fourth-order valence-corrected chi connectivity index (χ4v) is 1.05. The summed E-state index contributed by atoms with van der Waals surface area (Å²) < 4.78 is 0. The monoisotopic (exact) mass is 162 g/mol. The van der Waals surface area contributed by atoms with E-state index < -0.39 is 0 Å². The van der Waals surface area contributed by atoms with Gasteiger partial charge in [-0.25, -0.2) is 0 Å². The summed E-state index contributed by atoms with van der Waals surface area (Å²) in [5.41, 5.74) is 1.70. The molecule has 0 saturated carbocycles. The lowest BCUT2D eigenvalue weighted by Gasteiger charge is -1.97. The minimum atomic E-state index is 0.516. The van der Waals surface area contributed by atoms with Crippen molar-refractivity contribution in [2.24, 2.45) is 0 Å². The van der Waals surface area contributed by atoms with E-state index >= 15 is 0 Å². The molecule has 0 bridgehead atoms. The summed E-state index contributed by atoms with van der Waals surface area (Å²) in [5, 5.41) is 0. The van der Waals surface area contributed by atoms with Crippen LogP contribution in [-0.4, -0.2) is 12.6 Å². The van der Waals surface area contributed by atoms with Crippen molar-refractivity contribution in [3.63, 3.8) is 0 Å². The van der Waals surface area contributed by atoms with Gasteiger partial charge in [-0.15, -0.1) is 0 Å². The number of carbonyl (C=O) groups excluding carboxylic acids is 2. The van der Waals surface area contributed by atoms with Crippen LogP contribution < -0.4 is 0 Å². The molecule has 1 rings (SSSR count). The van der Waals surface area contributed by atoms with Crippen molar-refractivity contribution < 1.29 is 9.59 Å². The molecule has 0 aliphatic carbocycles. The van der Waals surface area contributed by atoms with Gasteiger partial charge in [0, 0.05) is 12.0 Å². The van der Waals surface area contributed by atoms with Crippen LogP contribution in [0, 0.1) is 0 Å². The molecular weight excluding hydrogens is 152 g/mol. The van der Waals surface area contributed by atoms with Crippen molar-refractivity contribution >= 4 is 12.6 Å². The van der Waals surface area contributed by atoms with Gasteiger partial charge in [0.15, 0.2) is 0 Å². The van der Waals surface area contributed by atoms with Crippen molar-refractivity contribution in [3.05, 3.63) is 35.4 Å². The Labute approximate surface area is 71.2 Å². The van der Waals surface area contributed by atoms with E-state index in [1.54, 1.807) is 12.1 Å². The molecule has 0 N–H and O–H groups in total. The van der Waals surface area contributed by atoms with E-state index in [2.05, 4.69) is 0 Å². The van der Waals surface area contributed by atoms with Gasteiger partial charge in [-0.05, 0) is 18.1 Å². The van der Waals surface area contributed by atoms with E-state index in [-0.39, 0.29) is 0 Å². The van der Waals surface area contributed by atoms with E-state index in [0.29, 0.717) is 18.4 Å². The van der Waals surface area contributed by atoms with Gasteiger partial charge < -0.3 is 4.79 Å². The molecule has 0 amide bonds. The van der Waals surface area contributed by atoms with E-state index in [1.165, 1.54) is 0 Å². The van der Waals surface area contributed by atoms with Crippen LogP contribution in [0.3, 0.4) is 0 Å². The second-order valence-corrected chi connectivity index (χ2v) is 2.57. The summed E-state index contributed by atoms with van der Waals surface area (Å²) in [4.78, 5) is 20.4. The number of aldehydes is 2. The van der Waals surface area contributed by atoms with Crippen LogP contribution in [0.4, 0.5) is 0 Å². The molecule has 1 aromatic rings. The first-order chi connectivity index (χ1) is 5.86. The van der Waals surface area contributed by atoms with Gasteiger partial charge in [0.05, 0.1) is 0 Å². The van der Waals surface area contributed by atoms with Crippen molar-refractivity contribution in [2.75, 3.05) is 0 Å². The zero-order valence-electron chi connectivity index (χ0n) is 6.69. The molecule has 0 aliphatic rings. The third-order valence-electron chi connectivity index (χ3n) is 1.64. The average Bonchev–Trinajstić information content (AvgIpc) is 2.15.